The first-order chi connectivity index (χ1) is 10.1. The van der Waals surface area contributed by atoms with E-state index in [-0.39, 0.29) is 24.5 Å². The van der Waals surface area contributed by atoms with E-state index in [4.69, 9.17) is 4.74 Å². The minimum Gasteiger partial charge on any atom is -0.497 e. The summed E-state index contributed by atoms with van der Waals surface area (Å²) >= 11 is 0. The molecule has 0 spiro atoms. The molecule has 1 aromatic carbocycles. The fourth-order valence-corrected chi connectivity index (χ4v) is 2.40. The third-order valence-electron chi connectivity index (χ3n) is 3.56. The average molecular weight is 291 g/mol. The molecule has 0 bridgehead atoms. The minimum absolute atomic E-state index is 0.0830. The average Bonchev–Trinajstić information content (AvgIpc) is 2.73. The molecule has 1 atom stereocenters. The van der Waals surface area contributed by atoms with Crippen molar-refractivity contribution < 1.29 is 14.3 Å². The Labute approximate surface area is 124 Å². The van der Waals surface area contributed by atoms with Crippen molar-refractivity contribution in [3.63, 3.8) is 0 Å². The van der Waals surface area contributed by atoms with Gasteiger partial charge in [0.15, 0.2) is 0 Å². The molecule has 0 radical (unpaired) electrons. The Kier molecular flexibility index (Phi) is 4.80. The second-order valence-electron chi connectivity index (χ2n) is 5.03. The van der Waals surface area contributed by atoms with Crippen LogP contribution in [0.15, 0.2) is 24.3 Å². The highest BCUT2D eigenvalue weighted by Gasteiger charge is 2.35. The number of methoxy groups -OCH3 is 1. The number of nitrogens with one attached hydrogen (secondary N) is 1. The Morgan fingerprint density at radius 1 is 1.29 bits per heavy atom. The zero-order valence-electron chi connectivity index (χ0n) is 12.6. The predicted molar refractivity (Wildman–Crippen MR) is 79.2 cm³/mol. The van der Waals surface area contributed by atoms with Crippen LogP contribution in [0, 0.1) is 0 Å². The van der Waals surface area contributed by atoms with E-state index in [1.807, 2.05) is 31.2 Å². The summed E-state index contributed by atoms with van der Waals surface area (Å²) in [4.78, 5) is 26.6. The SMILES string of the molecule is CCNC(CN1C(=O)CN(C)C1=O)c1ccc(OC)cc1. The second kappa shape index (κ2) is 6.58. The number of hydrogen-bond acceptors (Lipinski definition) is 4. The molecule has 1 aliphatic rings. The Bertz CT molecular complexity index is 515. The van der Waals surface area contributed by atoms with E-state index >= 15 is 0 Å². The van der Waals surface area contributed by atoms with Crippen LogP contribution in [0.25, 0.3) is 0 Å². The van der Waals surface area contributed by atoms with Gasteiger partial charge >= 0.3 is 6.03 Å². The van der Waals surface area contributed by atoms with Crippen LogP contribution in [-0.2, 0) is 4.79 Å². The summed E-state index contributed by atoms with van der Waals surface area (Å²) in [7, 11) is 3.25. The van der Waals surface area contributed by atoms with Crippen molar-refractivity contribution in [3.05, 3.63) is 29.8 Å². The smallest absolute Gasteiger partial charge is 0.327 e. The monoisotopic (exact) mass is 291 g/mol. The predicted octanol–water partition coefficient (Wildman–Crippen LogP) is 1.24. The van der Waals surface area contributed by atoms with Gasteiger partial charge in [-0.2, -0.15) is 0 Å². The van der Waals surface area contributed by atoms with Crippen LogP contribution < -0.4 is 10.1 Å². The molecule has 1 heterocycles. The van der Waals surface area contributed by atoms with Crippen molar-refractivity contribution in [2.75, 3.05) is 33.8 Å². The fourth-order valence-electron chi connectivity index (χ4n) is 2.40. The van der Waals surface area contributed by atoms with E-state index < -0.39 is 0 Å². The molecule has 0 saturated carbocycles. The first-order valence-electron chi connectivity index (χ1n) is 6.99. The molecule has 6 nitrogen and oxygen atoms in total. The molecule has 2 rings (SSSR count). The molecule has 1 saturated heterocycles. The molecule has 1 aromatic rings. The Balaban J connectivity index is 2.15. The van der Waals surface area contributed by atoms with Crippen molar-refractivity contribution in [2.45, 2.75) is 13.0 Å². The van der Waals surface area contributed by atoms with Crippen LogP contribution in [0.1, 0.15) is 18.5 Å². The van der Waals surface area contributed by atoms with Crippen LogP contribution in [0.4, 0.5) is 4.79 Å². The van der Waals surface area contributed by atoms with Crippen LogP contribution in [0.5, 0.6) is 5.75 Å². The maximum Gasteiger partial charge on any atom is 0.327 e. The number of carbonyl (C=O) groups excluding carboxylic acids is 2. The summed E-state index contributed by atoms with van der Waals surface area (Å²) in [6.45, 7) is 3.24. The normalized spacial score (nSPS) is 16.5. The topological polar surface area (TPSA) is 61.9 Å². The Morgan fingerprint density at radius 2 is 1.95 bits per heavy atom. The summed E-state index contributed by atoms with van der Waals surface area (Å²) in [5, 5.41) is 3.31. The van der Waals surface area contributed by atoms with Gasteiger partial charge in [-0.3, -0.25) is 9.69 Å². The number of urea groups is 1. The number of imide groups is 1. The largest absolute Gasteiger partial charge is 0.497 e. The summed E-state index contributed by atoms with van der Waals surface area (Å²) in [5.74, 6) is 0.626. The number of rotatable bonds is 6. The first-order valence-corrected chi connectivity index (χ1v) is 6.99. The van der Waals surface area contributed by atoms with Gasteiger partial charge in [-0.1, -0.05) is 19.1 Å². The number of nitrogens with zero attached hydrogens (tertiary/aromatic N) is 2. The van der Waals surface area contributed by atoms with Gasteiger partial charge in [-0.25, -0.2) is 4.79 Å². The third-order valence-corrected chi connectivity index (χ3v) is 3.56. The number of ether oxygens (including phenoxy) is 1. The number of hydrogen-bond donors (Lipinski definition) is 1. The summed E-state index contributed by atoms with van der Waals surface area (Å²) in [6, 6.07) is 7.32. The zero-order valence-corrected chi connectivity index (χ0v) is 12.6. The van der Waals surface area contributed by atoms with Crippen molar-refractivity contribution in [1.82, 2.24) is 15.1 Å². The lowest BCUT2D eigenvalue weighted by molar-refractivity contribution is -0.125. The maximum absolute atomic E-state index is 12.0. The standard InChI is InChI=1S/C15H21N3O3/c1-4-16-13(11-5-7-12(21-3)8-6-11)9-18-14(19)10-17(2)15(18)20/h5-8,13,16H,4,9-10H2,1-3H3. The zero-order chi connectivity index (χ0) is 15.4. The van der Waals surface area contributed by atoms with Crippen LogP contribution in [0.2, 0.25) is 0 Å². The van der Waals surface area contributed by atoms with E-state index in [9.17, 15) is 9.59 Å². The molecule has 0 aromatic heterocycles. The van der Waals surface area contributed by atoms with Gasteiger partial charge < -0.3 is 15.0 Å². The highest BCUT2D eigenvalue weighted by molar-refractivity contribution is 6.01. The van der Waals surface area contributed by atoms with Crippen LogP contribution >= 0.6 is 0 Å². The van der Waals surface area contributed by atoms with E-state index in [2.05, 4.69) is 5.32 Å². The van der Waals surface area contributed by atoms with Gasteiger partial charge in [0.1, 0.15) is 12.3 Å². The molecule has 1 fully saturated rings. The maximum atomic E-state index is 12.0. The summed E-state index contributed by atoms with van der Waals surface area (Å²) in [5.41, 5.74) is 1.02. The molecule has 21 heavy (non-hydrogen) atoms. The van der Waals surface area contributed by atoms with Gasteiger partial charge in [0.25, 0.3) is 0 Å². The van der Waals surface area contributed by atoms with Gasteiger partial charge in [0.05, 0.1) is 13.2 Å². The summed E-state index contributed by atoms with van der Waals surface area (Å²) in [6.07, 6.45) is 0. The van der Waals surface area contributed by atoms with Gasteiger partial charge in [-0.15, -0.1) is 0 Å². The molecular weight excluding hydrogens is 270 g/mol. The Hall–Kier alpha value is -2.08. The first kappa shape index (κ1) is 15.3. The molecule has 6 heteroatoms. The highest BCUT2D eigenvalue weighted by atomic mass is 16.5. The van der Waals surface area contributed by atoms with Crippen molar-refractivity contribution in [3.8, 4) is 5.75 Å². The Morgan fingerprint density at radius 3 is 2.43 bits per heavy atom. The van der Waals surface area contributed by atoms with E-state index in [0.29, 0.717) is 6.54 Å². The van der Waals surface area contributed by atoms with E-state index in [1.54, 1.807) is 14.2 Å². The third kappa shape index (κ3) is 3.33. The molecule has 114 valence electrons. The van der Waals surface area contributed by atoms with Gasteiger partial charge in [0.2, 0.25) is 5.91 Å². The molecule has 1 N–H and O–H groups in total. The van der Waals surface area contributed by atoms with Gasteiger partial charge in [-0.05, 0) is 24.2 Å². The molecule has 1 unspecified atom stereocenters. The van der Waals surface area contributed by atoms with Crippen molar-refractivity contribution in [2.24, 2.45) is 0 Å². The number of carbonyl (C=O) groups is 2. The summed E-state index contributed by atoms with van der Waals surface area (Å²) < 4.78 is 5.14. The molecular formula is C15H21N3O3. The molecule has 0 aliphatic carbocycles. The van der Waals surface area contributed by atoms with Crippen LogP contribution in [-0.4, -0.2) is 55.5 Å². The quantitative estimate of drug-likeness (QED) is 0.801. The number of likely N-dealkylation sites (N-methyl/N-ethyl adjacent to an activating group) is 2. The molecule has 3 amide bonds. The van der Waals surface area contributed by atoms with Crippen molar-refractivity contribution >= 4 is 11.9 Å². The highest BCUT2D eigenvalue weighted by Crippen LogP contribution is 2.20. The number of amides is 3. The second-order valence-corrected chi connectivity index (χ2v) is 5.03. The number of benzene rings is 1. The lowest BCUT2D eigenvalue weighted by Crippen LogP contribution is -2.39. The lowest BCUT2D eigenvalue weighted by Gasteiger charge is -2.23. The van der Waals surface area contributed by atoms with Gasteiger partial charge in [0, 0.05) is 13.6 Å². The van der Waals surface area contributed by atoms with E-state index in [1.165, 1.54) is 9.80 Å². The fraction of sp³-hybridized carbons (Fsp3) is 0.467. The minimum atomic E-state index is -0.239. The molecule has 1 aliphatic heterocycles. The van der Waals surface area contributed by atoms with Crippen LogP contribution in [0.3, 0.4) is 0 Å². The van der Waals surface area contributed by atoms with E-state index in [0.717, 1.165) is 17.9 Å². The van der Waals surface area contributed by atoms with Crippen molar-refractivity contribution in [1.29, 1.82) is 0 Å². The lowest BCUT2D eigenvalue weighted by atomic mass is 10.1.